The predicted octanol–water partition coefficient (Wildman–Crippen LogP) is 4.16. The van der Waals surface area contributed by atoms with Crippen LogP contribution in [0.25, 0.3) is 0 Å². The van der Waals surface area contributed by atoms with Gasteiger partial charge in [-0.05, 0) is 36.8 Å². The van der Waals surface area contributed by atoms with E-state index in [1.54, 1.807) is 0 Å². The van der Waals surface area contributed by atoms with Crippen molar-refractivity contribution in [3.8, 4) is 0 Å². The summed E-state index contributed by atoms with van der Waals surface area (Å²) in [4.78, 5) is 25.3. The van der Waals surface area contributed by atoms with Crippen molar-refractivity contribution in [1.29, 1.82) is 0 Å². The summed E-state index contributed by atoms with van der Waals surface area (Å²) in [6, 6.07) is 6.00. The average molecular weight is 396 g/mol. The Morgan fingerprint density at radius 2 is 1.57 bits per heavy atom. The third-order valence-electron chi connectivity index (χ3n) is 4.19. The number of carbonyl (C=O) groups excluding carboxylic acids is 2. The lowest BCUT2D eigenvalue weighted by molar-refractivity contribution is -0.139. The van der Waals surface area contributed by atoms with Gasteiger partial charge in [0, 0.05) is 17.3 Å². The van der Waals surface area contributed by atoms with E-state index in [1.807, 2.05) is 0 Å². The molecule has 0 fully saturated rings. The molecular weight excluding hydrogens is 383 g/mol. The number of hydrogen-bond acceptors (Lipinski definition) is 3. The number of carbonyl (C=O) groups is 2. The van der Waals surface area contributed by atoms with Crippen LogP contribution in [0, 0.1) is 18.6 Å². The normalized spacial score (nSPS) is 14.5. The highest BCUT2D eigenvalue weighted by atomic mass is 19.4. The van der Waals surface area contributed by atoms with E-state index in [1.165, 1.54) is 19.1 Å². The number of halogens is 5. The van der Waals surface area contributed by atoms with Crippen LogP contribution < -0.4 is 5.32 Å². The minimum absolute atomic E-state index is 0.0515. The molecule has 1 heterocycles. The number of nitrogens with one attached hydrogen (secondary N) is 1. The first-order valence-corrected chi connectivity index (χ1v) is 8.02. The summed E-state index contributed by atoms with van der Waals surface area (Å²) in [7, 11) is 0. The highest BCUT2D eigenvalue weighted by Crippen LogP contribution is 2.29. The summed E-state index contributed by atoms with van der Waals surface area (Å²) >= 11 is 0. The lowest BCUT2D eigenvalue weighted by Crippen LogP contribution is -2.31. The number of amides is 2. The molecule has 0 bridgehead atoms. The van der Waals surface area contributed by atoms with E-state index in [2.05, 4.69) is 5.32 Å². The molecule has 1 aliphatic heterocycles. The number of benzene rings is 2. The monoisotopic (exact) mass is 396 g/mol. The molecule has 0 aliphatic carbocycles. The topological polar surface area (TPSA) is 49.4 Å². The summed E-state index contributed by atoms with van der Waals surface area (Å²) in [5.74, 6) is -3.09. The first kappa shape index (κ1) is 19.5. The molecule has 0 saturated heterocycles. The number of anilines is 1. The van der Waals surface area contributed by atoms with Gasteiger partial charge in [0.1, 0.15) is 17.3 Å². The number of imide groups is 1. The second-order valence-electron chi connectivity index (χ2n) is 6.17. The van der Waals surface area contributed by atoms with Crippen molar-refractivity contribution < 1.29 is 31.5 Å². The van der Waals surface area contributed by atoms with Gasteiger partial charge in [0.2, 0.25) is 0 Å². The molecule has 0 spiro atoms. The molecule has 2 aromatic rings. The van der Waals surface area contributed by atoms with Crippen molar-refractivity contribution >= 4 is 17.5 Å². The molecule has 9 heteroatoms. The molecule has 0 atom stereocenters. The van der Waals surface area contributed by atoms with Gasteiger partial charge in [0.05, 0.1) is 12.1 Å². The van der Waals surface area contributed by atoms with Gasteiger partial charge >= 0.3 is 6.18 Å². The molecule has 1 aliphatic rings. The van der Waals surface area contributed by atoms with E-state index in [4.69, 9.17) is 0 Å². The Bertz CT molecular complexity index is 958. The van der Waals surface area contributed by atoms with Crippen molar-refractivity contribution in [2.24, 2.45) is 0 Å². The zero-order valence-corrected chi connectivity index (χ0v) is 14.4. The quantitative estimate of drug-likeness (QED) is 0.624. The molecule has 1 N–H and O–H groups in total. The standard InChI is InChI=1S/C19H13F5N2O2/c1-10-14(20)6-13(7-15(10)21)25-16-8-17(27)26(18(16)28)9-11-2-4-12(5-3-11)19(22,23)24/h2-8,25H,9H2,1H3. The van der Waals surface area contributed by atoms with Crippen LogP contribution >= 0.6 is 0 Å². The van der Waals surface area contributed by atoms with E-state index < -0.39 is 35.2 Å². The third kappa shape index (κ3) is 3.88. The van der Waals surface area contributed by atoms with E-state index in [0.29, 0.717) is 5.56 Å². The summed E-state index contributed by atoms with van der Waals surface area (Å²) in [6.45, 7) is 1.01. The highest BCUT2D eigenvalue weighted by Gasteiger charge is 2.32. The van der Waals surface area contributed by atoms with Crippen molar-refractivity contribution in [1.82, 2.24) is 4.90 Å². The Balaban J connectivity index is 1.73. The minimum atomic E-state index is -4.49. The lowest BCUT2D eigenvalue weighted by atomic mass is 10.1. The van der Waals surface area contributed by atoms with Crippen LogP contribution in [-0.2, 0) is 22.3 Å². The van der Waals surface area contributed by atoms with Gasteiger partial charge in [-0.3, -0.25) is 14.5 Å². The van der Waals surface area contributed by atoms with Crippen LogP contribution in [0.15, 0.2) is 48.2 Å². The molecule has 2 aromatic carbocycles. The SMILES string of the molecule is Cc1c(F)cc(NC2=CC(=O)N(Cc3ccc(C(F)(F)F)cc3)C2=O)cc1F. The van der Waals surface area contributed by atoms with Gasteiger partial charge in [0.25, 0.3) is 11.8 Å². The second kappa shape index (κ2) is 7.06. The van der Waals surface area contributed by atoms with E-state index >= 15 is 0 Å². The molecule has 2 amide bonds. The number of hydrogen-bond donors (Lipinski definition) is 1. The number of alkyl halides is 3. The largest absolute Gasteiger partial charge is 0.416 e. The zero-order chi connectivity index (χ0) is 20.6. The summed E-state index contributed by atoms with van der Waals surface area (Å²) in [5, 5.41) is 2.50. The highest BCUT2D eigenvalue weighted by molar-refractivity contribution is 6.17. The van der Waals surface area contributed by atoms with Crippen LogP contribution in [0.5, 0.6) is 0 Å². The van der Waals surface area contributed by atoms with E-state index in [0.717, 1.165) is 35.2 Å². The van der Waals surface area contributed by atoms with Crippen molar-refractivity contribution in [3.63, 3.8) is 0 Å². The third-order valence-corrected chi connectivity index (χ3v) is 4.19. The first-order chi connectivity index (χ1) is 13.1. The van der Waals surface area contributed by atoms with Gasteiger partial charge in [-0.1, -0.05) is 12.1 Å². The fraction of sp³-hybridized carbons (Fsp3) is 0.158. The molecule has 0 saturated carbocycles. The van der Waals surface area contributed by atoms with Gasteiger partial charge < -0.3 is 5.32 Å². The molecule has 146 valence electrons. The molecule has 28 heavy (non-hydrogen) atoms. The number of rotatable bonds is 4. The number of nitrogens with zero attached hydrogens (tertiary/aromatic N) is 1. The van der Waals surface area contributed by atoms with Gasteiger partial charge in [-0.25, -0.2) is 8.78 Å². The van der Waals surface area contributed by atoms with Crippen molar-refractivity contribution in [2.45, 2.75) is 19.6 Å². The lowest BCUT2D eigenvalue weighted by Gasteiger charge is -2.16. The molecule has 0 radical (unpaired) electrons. The summed E-state index contributed by atoms with van der Waals surface area (Å²) < 4.78 is 65.1. The Kier molecular flexibility index (Phi) is 4.93. The van der Waals surface area contributed by atoms with Crippen LogP contribution in [0.2, 0.25) is 0 Å². The van der Waals surface area contributed by atoms with Crippen LogP contribution in [0.1, 0.15) is 16.7 Å². The fourth-order valence-corrected chi connectivity index (χ4v) is 2.60. The Hall–Kier alpha value is -3.23. The first-order valence-electron chi connectivity index (χ1n) is 8.02. The molecule has 0 aromatic heterocycles. The van der Waals surface area contributed by atoms with Crippen LogP contribution in [0.4, 0.5) is 27.6 Å². The minimum Gasteiger partial charge on any atom is -0.351 e. The van der Waals surface area contributed by atoms with Crippen LogP contribution in [-0.4, -0.2) is 16.7 Å². The summed E-state index contributed by atoms with van der Waals surface area (Å²) in [6.07, 6.45) is -3.53. The Morgan fingerprint density at radius 1 is 1.00 bits per heavy atom. The van der Waals surface area contributed by atoms with Crippen molar-refractivity contribution in [3.05, 3.63) is 76.5 Å². The predicted molar refractivity (Wildman–Crippen MR) is 89.8 cm³/mol. The second-order valence-corrected chi connectivity index (χ2v) is 6.17. The maximum Gasteiger partial charge on any atom is 0.416 e. The van der Waals surface area contributed by atoms with Gasteiger partial charge in [0.15, 0.2) is 0 Å². The smallest absolute Gasteiger partial charge is 0.351 e. The fourth-order valence-electron chi connectivity index (χ4n) is 2.60. The molecule has 4 nitrogen and oxygen atoms in total. The molecule has 0 unspecified atom stereocenters. The van der Waals surface area contributed by atoms with Crippen LogP contribution in [0.3, 0.4) is 0 Å². The zero-order valence-electron chi connectivity index (χ0n) is 14.4. The van der Waals surface area contributed by atoms with Gasteiger partial charge in [-0.2, -0.15) is 13.2 Å². The molecular formula is C19H13F5N2O2. The average Bonchev–Trinajstić information content (AvgIpc) is 2.87. The van der Waals surface area contributed by atoms with E-state index in [-0.39, 0.29) is 23.5 Å². The Morgan fingerprint density at radius 3 is 2.11 bits per heavy atom. The van der Waals surface area contributed by atoms with Crippen molar-refractivity contribution in [2.75, 3.05) is 5.32 Å². The van der Waals surface area contributed by atoms with Gasteiger partial charge in [-0.15, -0.1) is 0 Å². The maximum absolute atomic E-state index is 13.6. The summed E-state index contributed by atoms with van der Waals surface area (Å²) in [5.41, 5.74) is -0.961. The molecule has 3 rings (SSSR count). The Labute approximate surface area is 156 Å². The maximum atomic E-state index is 13.6. The van der Waals surface area contributed by atoms with E-state index in [9.17, 15) is 31.5 Å².